The van der Waals surface area contributed by atoms with Crippen molar-refractivity contribution in [2.24, 2.45) is 0 Å². The highest BCUT2D eigenvalue weighted by Gasteiger charge is 2.32. The molecule has 0 N–H and O–H groups in total. The van der Waals surface area contributed by atoms with Crippen LogP contribution in [0.4, 0.5) is 5.82 Å². The fraction of sp³-hybridized carbons (Fsp3) is 0.455. The first kappa shape index (κ1) is 12.6. The average Bonchev–Trinajstić information content (AvgIpc) is 3.00. The molecule has 0 amide bonds. The number of nitrogens with zero attached hydrogens (tertiary/aromatic N) is 3. The average molecular weight is 299 g/mol. The number of anilines is 1. The van der Waals surface area contributed by atoms with E-state index >= 15 is 0 Å². The van der Waals surface area contributed by atoms with E-state index in [2.05, 4.69) is 4.98 Å². The van der Waals surface area contributed by atoms with Crippen molar-refractivity contribution in [2.75, 3.05) is 23.5 Å². The van der Waals surface area contributed by atoms with Crippen molar-refractivity contribution in [3.8, 4) is 0 Å². The van der Waals surface area contributed by atoms with Crippen LogP contribution in [0.25, 0.3) is 4.96 Å². The number of carbonyl (C=O) groups is 1. The van der Waals surface area contributed by atoms with Gasteiger partial charge in [-0.05, 0) is 6.42 Å². The minimum atomic E-state index is -2.95. The molecule has 3 heterocycles. The molecular weight excluding hydrogens is 286 g/mol. The van der Waals surface area contributed by atoms with Gasteiger partial charge in [-0.2, -0.15) is 0 Å². The Morgan fingerprint density at radius 2 is 2.37 bits per heavy atom. The monoisotopic (exact) mass is 299 g/mol. The highest BCUT2D eigenvalue weighted by Crippen LogP contribution is 2.27. The summed E-state index contributed by atoms with van der Waals surface area (Å²) in [7, 11) is -1.15. The van der Waals surface area contributed by atoms with Gasteiger partial charge in [-0.25, -0.2) is 13.4 Å². The van der Waals surface area contributed by atoms with Gasteiger partial charge in [-0.1, -0.05) is 0 Å². The van der Waals surface area contributed by atoms with Crippen LogP contribution in [0.5, 0.6) is 0 Å². The smallest absolute Gasteiger partial charge is 0.196 e. The van der Waals surface area contributed by atoms with E-state index < -0.39 is 9.84 Å². The lowest BCUT2D eigenvalue weighted by Crippen LogP contribution is -2.33. The maximum absolute atomic E-state index is 11.5. The minimum absolute atomic E-state index is 0.103. The number of carbonyl (C=O) groups excluding carboxylic acids is 1. The lowest BCUT2D eigenvalue weighted by molar-refractivity contribution is 0.111. The Morgan fingerprint density at radius 3 is 3.00 bits per heavy atom. The van der Waals surface area contributed by atoms with Crippen molar-refractivity contribution in [1.82, 2.24) is 9.38 Å². The van der Waals surface area contributed by atoms with Crippen molar-refractivity contribution in [3.63, 3.8) is 0 Å². The maximum atomic E-state index is 11.5. The molecule has 0 bridgehead atoms. The van der Waals surface area contributed by atoms with Crippen molar-refractivity contribution in [3.05, 3.63) is 17.3 Å². The van der Waals surface area contributed by atoms with Crippen molar-refractivity contribution in [1.29, 1.82) is 0 Å². The first-order valence-electron chi connectivity index (χ1n) is 5.86. The van der Waals surface area contributed by atoms with E-state index in [1.807, 2.05) is 10.3 Å². The van der Waals surface area contributed by atoms with Gasteiger partial charge in [-0.15, -0.1) is 11.3 Å². The van der Waals surface area contributed by atoms with Crippen LogP contribution in [-0.2, 0) is 9.84 Å². The summed E-state index contributed by atoms with van der Waals surface area (Å²) in [5, 5.41) is 1.86. The summed E-state index contributed by atoms with van der Waals surface area (Å²) in [6.45, 7) is 0. The van der Waals surface area contributed by atoms with Crippen LogP contribution in [0.2, 0.25) is 0 Å². The molecule has 2 aromatic rings. The molecule has 0 radical (unpaired) electrons. The van der Waals surface area contributed by atoms with Crippen LogP contribution in [0.15, 0.2) is 11.6 Å². The molecule has 1 aliphatic rings. The van der Waals surface area contributed by atoms with E-state index in [4.69, 9.17) is 0 Å². The normalized spacial score (nSPS) is 21.8. The lowest BCUT2D eigenvalue weighted by atomic mass is 10.2. The van der Waals surface area contributed by atoms with Crippen LogP contribution in [-0.4, -0.2) is 48.7 Å². The Bertz CT molecular complexity index is 732. The first-order valence-corrected chi connectivity index (χ1v) is 8.56. The first-order chi connectivity index (χ1) is 9.02. The van der Waals surface area contributed by atoms with Crippen LogP contribution in [0.1, 0.15) is 16.9 Å². The van der Waals surface area contributed by atoms with Crippen molar-refractivity contribution >= 4 is 38.2 Å². The van der Waals surface area contributed by atoms with Crippen molar-refractivity contribution < 1.29 is 13.2 Å². The summed E-state index contributed by atoms with van der Waals surface area (Å²) in [6.07, 6.45) is 3.14. The van der Waals surface area contributed by atoms with Gasteiger partial charge < -0.3 is 4.90 Å². The molecule has 102 valence electrons. The van der Waals surface area contributed by atoms with Gasteiger partial charge >= 0.3 is 0 Å². The Morgan fingerprint density at radius 1 is 1.58 bits per heavy atom. The molecule has 6 nitrogen and oxygen atoms in total. The number of rotatable bonds is 3. The Balaban J connectivity index is 1.99. The van der Waals surface area contributed by atoms with E-state index in [1.54, 1.807) is 17.6 Å². The Kier molecular flexibility index (Phi) is 2.86. The van der Waals surface area contributed by atoms with Gasteiger partial charge in [0.25, 0.3) is 0 Å². The van der Waals surface area contributed by atoms with Gasteiger partial charge in [0.15, 0.2) is 26.9 Å². The zero-order chi connectivity index (χ0) is 13.6. The molecule has 0 aromatic carbocycles. The molecule has 0 saturated carbocycles. The van der Waals surface area contributed by atoms with Gasteiger partial charge in [0.2, 0.25) is 0 Å². The Hall–Kier alpha value is -1.41. The molecule has 1 saturated heterocycles. The summed E-state index contributed by atoms with van der Waals surface area (Å²) in [4.78, 5) is 18.2. The number of aldehydes is 1. The standard InChI is InChI=1S/C11H13N3O3S2/c1-13(8-2-5-19(16,17)7-8)10-9(6-15)14-3-4-18-11(14)12-10/h3-4,6,8H,2,5,7H2,1H3. The fourth-order valence-electron chi connectivity index (χ4n) is 2.41. The van der Waals surface area contributed by atoms with Crippen LogP contribution >= 0.6 is 11.3 Å². The number of hydrogen-bond acceptors (Lipinski definition) is 6. The number of aromatic nitrogens is 2. The molecule has 1 aliphatic heterocycles. The molecule has 1 unspecified atom stereocenters. The zero-order valence-corrected chi connectivity index (χ0v) is 11.9. The molecular formula is C11H13N3O3S2. The summed E-state index contributed by atoms with van der Waals surface area (Å²) in [5.74, 6) is 0.900. The summed E-state index contributed by atoms with van der Waals surface area (Å²) in [5.41, 5.74) is 0.475. The van der Waals surface area contributed by atoms with E-state index in [-0.39, 0.29) is 17.5 Å². The molecule has 1 atom stereocenters. The summed E-state index contributed by atoms with van der Waals surface area (Å²) < 4.78 is 24.8. The third-order valence-electron chi connectivity index (χ3n) is 3.48. The van der Waals surface area contributed by atoms with Crippen LogP contribution < -0.4 is 4.90 Å². The van der Waals surface area contributed by atoms with Crippen LogP contribution in [0.3, 0.4) is 0 Å². The molecule has 8 heteroatoms. The van der Waals surface area contributed by atoms with E-state index in [9.17, 15) is 13.2 Å². The second-order valence-corrected chi connectivity index (χ2v) is 7.76. The highest BCUT2D eigenvalue weighted by atomic mass is 32.2. The number of sulfone groups is 1. The van der Waals surface area contributed by atoms with Crippen molar-refractivity contribution in [2.45, 2.75) is 12.5 Å². The van der Waals surface area contributed by atoms with Crippen LogP contribution in [0, 0.1) is 0 Å². The predicted octanol–water partition coefficient (Wildman–Crippen LogP) is 0.832. The number of hydrogen-bond donors (Lipinski definition) is 0. The predicted molar refractivity (Wildman–Crippen MR) is 73.9 cm³/mol. The molecule has 1 fully saturated rings. The second-order valence-electron chi connectivity index (χ2n) is 4.66. The SMILES string of the molecule is CN(c1nc2sccn2c1C=O)C1CCS(=O)(=O)C1. The molecule has 2 aromatic heterocycles. The number of imidazole rings is 1. The summed E-state index contributed by atoms with van der Waals surface area (Å²) in [6, 6.07) is -0.103. The topological polar surface area (TPSA) is 71.8 Å². The molecule has 19 heavy (non-hydrogen) atoms. The molecule has 0 aliphatic carbocycles. The van der Waals surface area contributed by atoms with E-state index in [0.29, 0.717) is 17.9 Å². The van der Waals surface area contributed by atoms with Gasteiger partial charge in [-0.3, -0.25) is 9.20 Å². The zero-order valence-electron chi connectivity index (χ0n) is 10.3. The molecule has 3 rings (SSSR count). The molecule has 0 spiro atoms. The largest absolute Gasteiger partial charge is 0.354 e. The lowest BCUT2D eigenvalue weighted by Gasteiger charge is -2.23. The Labute approximate surface area is 114 Å². The van der Waals surface area contributed by atoms with E-state index in [1.165, 1.54) is 11.3 Å². The number of thiazole rings is 1. The number of fused-ring (bicyclic) bond motifs is 1. The fourth-order valence-corrected chi connectivity index (χ4v) is 4.91. The van der Waals surface area contributed by atoms with E-state index in [0.717, 1.165) is 11.2 Å². The second kappa shape index (κ2) is 4.31. The van der Waals surface area contributed by atoms with Gasteiger partial charge in [0.1, 0.15) is 5.69 Å². The maximum Gasteiger partial charge on any atom is 0.196 e. The highest BCUT2D eigenvalue weighted by molar-refractivity contribution is 7.91. The van der Waals surface area contributed by atoms with Gasteiger partial charge in [0.05, 0.1) is 11.5 Å². The minimum Gasteiger partial charge on any atom is -0.354 e. The summed E-state index contributed by atoms with van der Waals surface area (Å²) >= 11 is 1.45. The quantitative estimate of drug-likeness (QED) is 0.785. The third-order valence-corrected chi connectivity index (χ3v) is 5.99. The third kappa shape index (κ3) is 2.04. The van der Waals surface area contributed by atoms with Gasteiger partial charge in [0, 0.05) is 24.7 Å².